The number of thiazole rings is 1. The number of benzene rings is 1. The van der Waals surface area contributed by atoms with Crippen LogP contribution in [0.1, 0.15) is 12.5 Å². The lowest BCUT2D eigenvalue weighted by molar-refractivity contribution is 0.403. The zero-order valence-electron chi connectivity index (χ0n) is 13.6. The first-order chi connectivity index (χ1) is 12.0. The Morgan fingerprint density at radius 3 is 2.76 bits per heavy atom. The Hall–Kier alpha value is -2.64. The highest BCUT2D eigenvalue weighted by Gasteiger charge is 2.08. The maximum Gasteiger partial charge on any atom is 0.206 e. The molecule has 1 aromatic carbocycles. The second kappa shape index (κ2) is 7.50. The van der Waals surface area contributed by atoms with Gasteiger partial charge in [0.2, 0.25) is 4.80 Å². The second-order valence-electron chi connectivity index (χ2n) is 5.46. The van der Waals surface area contributed by atoms with Crippen molar-refractivity contribution >= 4 is 28.9 Å². The van der Waals surface area contributed by atoms with Gasteiger partial charge in [-0.15, -0.1) is 22.7 Å². The molecule has 0 saturated heterocycles. The van der Waals surface area contributed by atoms with Gasteiger partial charge >= 0.3 is 0 Å². The third kappa shape index (κ3) is 4.07. The van der Waals surface area contributed by atoms with Gasteiger partial charge in [-0.25, -0.2) is 4.68 Å². The van der Waals surface area contributed by atoms with Crippen LogP contribution in [0.15, 0.2) is 63.3 Å². The van der Waals surface area contributed by atoms with Crippen molar-refractivity contribution in [2.75, 3.05) is 6.54 Å². The smallest absolute Gasteiger partial charge is 0.206 e. The summed E-state index contributed by atoms with van der Waals surface area (Å²) < 4.78 is 1.78. The standard InChI is InChI=1S/C18H17N3O2S2/c1-12(2)9-19-18-21(14(11-25-18)17-4-3-7-24-17)20-10-13-5-6-15(22)16(23)8-13/h3-8,10-11,22-23H,1,9H2,2H3/b19-18?,20-10+. The number of phenolic OH excluding ortho intramolecular Hbond substituents is 2. The maximum atomic E-state index is 9.62. The SMILES string of the molecule is C=C(C)CN=c1scc(-c2cccs2)n1/N=C/c1ccc(O)c(O)c1. The maximum absolute atomic E-state index is 9.62. The van der Waals surface area contributed by atoms with E-state index in [0.717, 1.165) is 20.9 Å². The number of thiophene rings is 1. The van der Waals surface area contributed by atoms with Crippen molar-refractivity contribution in [1.29, 1.82) is 0 Å². The fourth-order valence-electron chi connectivity index (χ4n) is 2.06. The van der Waals surface area contributed by atoms with Crippen LogP contribution in [-0.4, -0.2) is 27.6 Å². The van der Waals surface area contributed by atoms with E-state index in [0.29, 0.717) is 12.1 Å². The molecule has 2 N–H and O–H groups in total. The Labute approximate surface area is 153 Å². The molecule has 3 aromatic rings. The molecule has 2 aromatic heterocycles. The van der Waals surface area contributed by atoms with Crippen molar-refractivity contribution < 1.29 is 10.2 Å². The van der Waals surface area contributed by atoms with E-state index in [4.69, 9.17) is 0 Å². The lowest BCUT2D eigenvalue weighted by Gasteiger charge is -2.02. The quantitative estimate of drug-likeness (QED) is 0.403. The second-order valence-corrected chi connectivity index (χ2v) is 7.24. The van der Waals surface area contributed by atoms with Crippen LogP contribution in [0.3, 0.4) is 0 Å². The van der Waals surface area contributed by atoms with Gasteiger partial charge in [0, 0.05) is 5.38 Å². The zero-order chi connectivity index (χ0) is 17.8. The molecule has 0 aliphatic carbocycles. The summed E-state index contributed by atoms with van der Waals surface area (Å²) in [5, 5.41) is 27.6. The summed E-state index contributed by atoms with van der Waals surface area (Å²) in [5.74, 6) is -0.332. The molecule has 0 bridgehead atoms. The molecular formula is C18H17N3O2S2. The molecule has 0 aliphatic rings. The van der Waals surface area contributed by atoms with Crippen LogP contribution in [-0.2, 0) is 0 Å². The number of rotatable bonds is 5. The molecule has 3 rings (SSSR count). The average Bonchev–Trinajstić information content (AvgIpc) is 3.23. The molecule has 0 saturated carbocycles. The van der Waals surface area contributed by atoms with E-state index in [1.165, 1.54) is 23.5 Å². The van der Waals surface area contributed by atoms with E-state index in [9.17, 15) is 10.2 Å². The Morgan fingerprint density at radius 1 is 1.24 bits per heavy atom. The highest BCUT2D eigenvalue weighted by Crippen LogP contribution is 2.26. The lowest BCUT2D eigenvalue weighted by Crippen LogP contribution is -2.12. The van der Waals surface area contributed by atoms with Crippen molar-refractivity contribution in [1.82, 2.24) is 4.68 Å². The number of aromatic hydroxyl groups is 2. The highest BCUT2D eigenvalue weighted by molar-refractivity contribution is 7.14. The van der Waals surface area contributed by atoms with E-state index in [2.05, 4.69) is 16.7 Å². The normalized spacial score (nSPS) is 12.1. The average molecular weight is 371 g/mol. The van der Waals surface area contributed by atoms with E-state index < -0.39 is 0 Å². The minimum absolute atomic E-state index is 0.156. The Bertz CT molecular complexity index is 982. The molecule has 0 unspecified atom stereocenters. The van der Waals surface area contributed by atoms with Gasteiger partial charge in [-0.2, -0.15) is 5.10 Å². The Morgan fingerprint density at radius 2 is 2.08 bits per heavy atom. The van der Waals surface area contributed by atoms with Crippen LogP contribution in [0.25, 0.3) is 10.6 Å². The lowest BCUT2D eigenvalue weighted by atomic mass is 10.2. The molecule has 0 radical (unpaired) electrons. The van der Waals surface area contributed by atoms with Crippen molar-refractivity contribution in [3.05, 3.63) is 63.6 Å². The third-order valence-electron chi connectivity index (χ3n) is 3.26. The van der Waals surface area contributed by atoms with Gasteiger partial charge in [-0.05, 0) is 42.1 Å². The summed E-state index contributed by atoms with van der Waals surface area (Å²) in [4.78, 5) is 6.43. The summed E-state index contributed by atoms with van der Waals surface area (Å²) in [5.41, 5.74) is 2.61. The summed E-state index contributed by atoms with van der Waals surface area (Å²) >= 11 is 3.15. The summed E-state index contributed by atoms with van der Waals surface area (Å²) in [6, 6.07) is 8.60. The molecule has 0 atom stereocenters. The van der Waals surface area contributed by atoms with Gasteiger partial charge in [0.25, 0.3) is 0 Å². The topological polar surface area (TPSA) is 70.1 Å². The highest BCUT2D eigenvalue weighted by atomic mass is 32.1. The number of hydrogen-bond acceptors (Lipinski definition) is 6. The molecule has 0 spiro atoms. The Balaban J connectivity index is 2.04. The first-order valence-electron chi connectivity index (χ1n) is 7.50. The first-order valence-corrected chi connectivity index (χ1v) is 9.26. The minimum Gasteiger partial charge on any atom is -0.504 e. The Kier molecular flexibility index (Phi) is 5.16. The van der Waals surface area contributed by atoms with Gasteiger partial charge in [0.15, 0.2) is 11.5 Å². The molecular weight excluding hydrogens is 354 g/mol. The van der Waals surface area contributed by atoms with Crippen molar-refractivity contribution in [2.45, 2.75) is 6.92 Å². The predicted molar refractivity (Wildman–Crippen MR) is 104 cm³/mol. The largest absolute Gasteiger partial charge is 0.504 e. The molecule has 25 heavy (non-hydrogen) atoms. The molecule has 2 heterocycles. The summed E-state index contributed by atoms with van der Waals surface area (Å²) in [6.45, 7) is 6.36. The van der Waals surface area contributed by atoms with Gasteiger partial charge in [-0.3, -0.25) is 4.99 Å². The monoisotopic (exact) mass is 371 g/mol. The molecule has 5 nitrogen and oxygen atoms in total. The van der Waals surface area contributed by atoms with Gasteiger partial charge in [0.1, 0.15) is 0 Å². The van der Waals surface area contributed by atoms with Crippen LogP contribution in [0.4, 0.5) is 0 Å². The zero-order valence-corrected chi connectivity index (χ0v) is 15.2. The van der Waals surface area contributed by atoms with Crippen LogP contribution < -0.4 is 4.80 Å². The molecule has 0 aliphatic heterocycles. The van der Waals surface area contributed by atoms with Crippen molar-refractivity contribution in [2.24, 2.45) is 10.1 Å². The van der Waals surface area contributed by atoms with Gasteiger partial charge < -0.3 is 10.2 Å². The van der Waals surface area contributed by atoms with E-state index in [-0.39, 0.29) is 11.5 Å². The number of phenols is 2. The fraction of sp³-hybridized carbons (Fsp3) is 0.111. The van der Waals surface area contributed by atoms with Gasteiger partial charge in [0.05, 0.1) is 23.3 Å². The third-order valence-corrected chi connectivity index (χ3v) is 5.01. The summed E-state index contributed by atoms with van der Waals surface area (Å²) in [6.07, 6.45) is 1.63. The van der Waals surface area contributed by atoms with Crippen LogP contribution in [0.5, 0.6) is 11.5 Å². The molecule has 0 amide bonds. The van der Waals surface area contributed by atoms with Crippen LogP contribution in [0.2, 0.25) is 0 Å². The number of nitrogens with zero attached hydrogens (tertiary/aromatic N) is 3. The van der Waals surface area contributed by atoms with Crippen molar-refractivity contribution in [3.63, 3.8) is 0 Å². The van der Waals surface area contributed by atoms with Crippen LogP contribution >= 0.6 is 22.7 Å². The van der Waals surface area contributed by atoms with E-state index >= 15 is 0 Å². The minimum atomic E-state index is -0.176. The number of hydrogen-bond donors (Lipinski definition) is 2. The van der Waals surface area contributed by atoms with E-state index in [1.807, 2.05) is 29.8 Å². The summed E-state index contributed by atoms with van der Waals surface area (Å²) in [7, 11) is 0. The van der Waals surface area contributed by atoms with Gasteiger partial charge in [-0.1, -0.05) is 18.2 Å². The molecule has 128 valence electrons. The van der Waals surface area contributed by atoms with Crippen molar-refractivity contribution in [3.8, 4) is 22.1 Å². The van der Waals surface area contributed by atoms with Crippen LogP contribution in [0, 0.1) is 0 Å². The fourth-order valence-corrected chi connectivity index (χ4v) is 3.69. The molecule has 7 heteroatoms. The number of aromatic nitrogens is 1. The molecule has 0 fully saturated rings. The first kappa shape index (κ1) is 17.2. The van der Waals surface area contributed by atoms with E-state index in [1.54, 1.807) is 28.3 Å². The predicted octanol–water partition coefficient (Wildman–Crippen LogP) is 4.05.